The Morgan fingerprint density at radius 1 is 1.47 bits per heavy atom. The Hall–Kier alpha value is -1.31. The summed E-state index contributed by atoms with van der Waals surface area (Å²) in [5.41, 5.74) is 3.71. The van der Waals surface area contributed by atoms with Gasteiger partial charge in [0.25, 0.3) is 0 Å². The molecule has 0 saturated carbocycles. The van der Waals surface area contributed by atoms with Gasteiger partial charge in [0, 0.05) is 5.41 Å². The lowest BCUT2D eigenvalue weighted by molar-refractivity contribution is -0.138. The monoisotopic (exact) mass is 232 g/mol. The number of aryl methyl sites for hydroxylation is 1. The Kier molecular flexibility index (Phi) is 2.98. The summed E-state index contributed by atoms with van der Waals surface area (Å²) in [6.45, 7) is 6.25. The lowest BCUT2D eigenvalue weighted by Gasteiger charge is -2.24. The van der Waals surface area contributed by atoms with Crippen LogP contribution in [0.15, 0.2) is 18.2 Å². The van der Waals surface area contributed by atoms with E-state index in [9.17, 15) is 4.79 Å². The maximum Gasteiger partial charge on any atom is 0.304 e. The van der Waals surface area contributed by atoms with E-state index in [1.807, 2.05) is 13.8 Å². The second-order valence-corrected chi connectivity index (χ2v) is 5.81. The van der Waals surface area contributed by atoms with E-state index >= 15 is 0 Å². The summed E-state index contributed by atoms with van der Waals surface area (Å²) in [6, 6.07) is 6.49. The van der Waals surface area contributed by atoms with Crippen LogP contribution in [0, 0.1) is 0 Å². The number of carboxylic acids is 1. The molecular weight excluding hydrogens is 212 g/mol. The fourth-order valence-electron chi connectivity index (χ4n) is 2.71. The van der Waals surface area contributed by atoms with Crippen molar-refractivity contribution >= 4 is 5.97 Å². The van der Waals surface area contributed by atoms with E-state index in [0.717, 1.165) is 12.0 Å². The van der Waals surface area contributed by atoms with Crippen LogP contribution < -0.4 is 0 Å². The first-order valence-corrected chi connectivity index (χ1v) is 6.25. The van der Waals surface area contributed by atoms with Crippen LogP contribution in [0.1, 0.15) is 56.2 Å². The maximum atomic E-state index is 10.9. The van der Waals surface area contributed by atoms with E-state index < -0.39 is 5.97 Å². The molecule has 0 bridgehead atoms. The Morgan fingerprint density at radius 3 is 2.82 bits per heavy atom. The van der Waals surface area contributed by atoms with Crippen LogP contribution in [0.4, 0.5) is 0 Å². The molecule has 92 valence electrons. The van der Waals surface area contributed by atoms with Crippen molar-refractivity contribution in [2.24, 2.45) is 0 Å². The molecule has 0 spiro atoms. The second-order valence-electron chi connectivity index (χ2n) is 5.81. The van der Waals surface area contributed by atoms with Crippen molar-refractivity contribution in [1.29, 1.82) is 0 Å². The van der Waals surface area contributed by atoms with Gasteiger partial charge in [-0.3, -0.25) is 4.79 Å². The molecule has 1 aromatic rings. The van der Waals surface area contributed by atoms with Crippen LogP contribution in [0.5, 0.6) is 0 Å². The SMILES string of the molecule is CC1CCc2ccc(C(C)(C)CC(=O)O)cc21. The standard InChI is InChI=1S/C15H20O2/c1-10-4-5-11-6-7-12(8-13(10)11)15(2,3)9-14(16)17/h6-8,10H,4-5,9H2,1-3H3,(H,16,17). The molecule has 0 heterocycles. The summed E-state index contributed by atoms with van der Waals surface area (Å²) in [6.07, 6.45) is 2.56. The van der Waals surface area contributed by atoms with Crippen molar-refractivity contribution in [2.45, 2.75) is 51.4 Å². The third-order valence-electron chi connectivity index (χ3n) is 3.90. The first-order chi connectivity index (χ1) is 7.90. The van der Waals surface area contributed by atoms with E-state index in [1.165, 1.54) is 17.5 Å². The lowest BCUT2D eigenvalue weighted by atomic mass is 9.80. The zero-order chi connectivity index (χ0) is 12.6. The van der Waals surface area contributed by atoms with Gasteiger partial charge in [-0.1, -0.05) is 39.0 Å². The third kappa shape index (κ3) is 2.36. The molecule has 0 fully saturated rings. The minimum Gasteiger partial charge on any atom is -0.481 e. The van der Waals surface area contributed by atoms with Gasteiger partial charge in [-0.2, -0.15) is 0 Å². The van der Waals surface area contributed by atoms with Crippen molar-refractivity contribution in [1.82, 2.24) is 0 Å². The normalized spacial score (nSPS) is 19.1. The van der Waals surface area contributed by atoms with Gasteiger partial charge in [0.05, 0.1) is 6.42 Å². The first-order valence-electron chi connectivity index (χ1n) is 6.25. The molecule has 1 aliphatic rings. The van der Waals surface area contributed by atoms with Crippen LogP contribution in [-0.2, 0) is 16.6 Å². The van der Waals surface area contributed by atoms with Crippen LogP contribution in [0.25, 0.3) is 0 Å². The quantitative estimate of drug-likeness (QED) is 0.866. The molecule has 1 unspecified atom stereocenters. The molecule has 2 nitrogen and oxygen atoms in total. The van der Waals surface area contributed by atoms with Gasteiger partial charge in [-0.05, 0) is 35.4 Å². The third-order valence-corrected chi connectivity index (χ3v) is 3.90. The highest BCUT2D eigenvalue weighted by molar-refractivity contribution is 5.69. The van der Waals surface area contributed by atoms with E-state index in [-0.39, 0.29) is 11.8 Å². The molecule has 0 amide bonds. The fourth-order valence-corrected chi connectivity index (χ4v) is 2.71. The molecule has 0 radical (unpaired) electrons. The zero-order valence-electron chi connectivity index (χ0n) is 10.8. The minimum absolute atomic E-state index is 0.181. The second kappa shape index (κ2) is 4.17. The fraction of sp³-hybridized carbons (Fsp3) is 0.533. The molecule has 0 saturated heterocycles. The minimum atomic E-state index is -0.733. The lowest BCUT2D eigenvalue weighted by Crippen LogP contribution is -2.21. The molecular formula is C15H20O2. The van der Waals surface area contributed by atoms with E-state index in [1.54, 1.807) is 0 Å². The van der Waals surface area contributed by atoms with Crippen molar-refractivity contribution < 1.29 is 9.90 Å². The summed E-state index contributed by atoms with van der Waals surface area (Å²) < 4.78 is 0. The van der Waals surface area contributed by atoms with Gasteiger partial charge in [0.1, 0.15) is 0 Å². The maximum absolute atomic E-state index is 10.9. The van der Waals surface area contributed by atoms with Crippen molar-refractivity contribution in [2.75, 3.05) is 0 Å². The molecule has 0 aliphatic heterocycles. The van der Waals surface area contributed by atoms with Crippen LogP contribution in [0.3, 0.4) is 0 Å². The smallest absolute Gasteiger partial charge is 0.304 e. The van der Waals surface area contributed by atoms with E-state index in [0.29, 0.717) is 5.92 Å². The Balaban J connectivity index is 2.34. The number of hydrogen-bond acceptors (Lipinski definition) is 1. The first kappa shape index (κ1) is 12.2. The van der Waals surface area contributed by atoms with Gasteiger partial charge >= 0.3 is 5.97 Å². The summed E-state index contributed by atoms with van der Waals surface area (Å²) in [5.74, 6) is -0.117. The van der Waals surface area contributed by atoms with Crippen LogP contribution in [0.2, 0.25) is 0 Å². The van der Waals surface area contributed by atoms with Gasteiger partial charge in [-0.15, -0.1) is 0 Å². The number of carboxylic acid groups (broad SMARTS) is 1. The van der Waals surface area contributed by atoms with E-state index in [2.05, 4.69) is 25.1 Å². The van der Waals surface area contributed by atoms with E-state index in [4.69, 9.17) is 5.11 Å². The highest BCUT2D eigenvalue weighted by Gasteiger charge is 2.27. The van der Waals surface area contributed by atoms with Crippen molar-refractivity contribution in [3.63, 3.8) is 0 Å². The molecule has 1 atom stereocenters. The number of fused-ring (bicyclic) bond motifs is 1. The zero-order valence-corrected chi connectivity index (χ0v) is 10.8. The number of carbonyl (C=O) groups is 1. The average Bonchev–Trinajstić information content (AvgIpc) is 2.58. The van der Waals surface area contributed by atoms with Crippen molar-refractivity contribution in [3.05, 3.63) is 34.9 Å². The molecule has 2 rings (SSSR count). The van der Waals surface area contributed by atoms with Crippen LogP contribution >= 0.6 is 0 Å². The molecule has 1 aromatic carbocycles. The predicted octanol–water partition coefficient (Wildman–Crippen LogP) is 3.49. The largest absolute Gasteiger partial charge is 0.481 e. The number of hydrogen-bond donors (Lipinski definition) is 1. The summed E-state index contributed by atoms with van der Waals surface area (Å²) in [7, 11) is 0. The Labute approximate surface area is 103 Å². The van der Waals surface area contributed by atoms with Gasteiger partial charge in [0.2, 0.25) is 0 Å². The number of benzene rings is 1. The summed E-state index contributed by atoms with van der Waals surface area (Å²) >= 11 is 0. The topological polar surface area (TPSA) is 37.3 Å². The summed E-state index contributed by atoms with van der Waals surface area (Å²) in [5, 5.41) is 8.96. The van der Waals surface area contributed by atoms with Gasteiger partial charge < -0.3 is 5.11 Å². The average molecular weight is 232 g/mol. The summed E-state index contributed by atoms with van der Waals surface area (Å²) in [4.78, 5) is 10.9. The molecule has 0 aromatic heterocycles. The van der Waals surface area contributed by atoms with Crippen LogP contribution in [-0.4, -0.2) is 11.1 Å². The number of aliphatic carboxylic acids is 1. The highest BCUT2D eigenvalue weighted by Crippen LogP contribution is 2.36. The van der Waals surface area contributed by atoms with Gasteiger partial charge in [0.15, 0.2) is 0 Å². The Bertz CT molecular complexity index is 446. The molecule has 1 aliphatic carbocycles. The molecule has 2 heteroatoms. The number of rotatable bonds is 3. The van der Waals surface area contributed by atoms with Crippen molar-refractivity contribution in [3.8, 4) is 0 Å². The molecule has 17 heavy (non-hydrogen) atoms. The predicted molar refractivity (Wildman–Crippen MR) is 68.5 cm³/mol. The Morgan fingerprint density at radius 2 is 2.18 bits per heavy atom. The highest BCUT2D eigenvalue weighted by atomic mass is 16.4. The van der Waals surface area contributed by atoms with Gasteiger partial charge in [-0.25, -0.2) is 0 Å². The molecule has 1 N–H and O–H groups in total.